The Hall–Kier alpha value is -0.610. The zero-order chi connectivity index (χ0) is 14.2. The number of rotatable bonds is 7. The highest BCUT2D eigenvalue weighted by Gasteiger charge is 2.24. The van der Waals surface area contributed by atoms with Crippen LogP contribution < -0.4 is 5.73 Å². The van der Waals surface area contributed by atoms with Gasteiger partial charge in [-0.1, -0.05) is 25.7 Å². The monoisotopic (exact) mass is 282 g/mol. The largest absolute Gasteiger partial charge is 0.378 e. The summed E-state index contributed by atoms with van der Waals surface area (Å²) in [5.74, 6) is 1.17. The molecule has 1 aliphatic heterocycles. The summed E-state index contributed by atoms with van der Waals surface area (Å²) in [5, 5.41) is 0. The Morgan fingerprint density at radius 1 is 1.15 bits per heavy atom. The van der Waals surface area contributed by atoms with E-state index < -0.39 is 0 Å². The Morgan fingerprint density at radius 3 is 2.50 bits per heavy atom. The smallest absolute Gasteiger partial charge is 0.222 e. The topological polar surface area (TPSA) is 55.6 Å². The standard InChI is InChI=1S/C16H30N2O2/c17-10-3-13-20-15-8-11-18(12-9-15)16(19)7-6-14-4-1-2-5-14/h14-15H,1-13,17H2. The second-order valence-electron chi connectivity index (χ2n) is 6.28. The summed E-state index contributed by atoms with van der Waals surface area (Å²) < 4.78 is 5.77. The molecule has 0 aromatic carbocycles. The van der Waals surface area contributed by atoms with E-state index in [1.54, 1.807) is 0 Å². The van der Waals surface area contributed by atoms with Crippen LogP contribution in [-0.2, 0) is 9.53 Å². The number of hydrogen-bond acceptors (Lipinski definition) is 3. The minimum atomic E-state index is 0.334. The highest BCUT2D eigenvalue weighted by molar-refractivity contribution is 5.76. The quantitative estimate of drug-likeness (QED) is 0.729. The lowest BCUT2D eigenvalue weighted by Crippen LogP contribution is -2.41. The summed E-state index contributed by atoms with van der Waals surface area (Å²) in [6.07, 6.45) is 10.5. The van der Waals surface area contributed by atoms with Crippen molar-refractivity contribution in [2.24, 2.45) is 11.7 Å². The van der Waals surface area contributed by atoms with Crippen LogP contribution in [0.25, 0.3) is 0 Å². The lowest BCUT2D eigenvalue weighted by Gasteiger charge is -2.32. The van der Waals surface area contributed by atoms with Crippen LogP contribution >= 0.6 is 0 Å². The second kappa shape index (κ2) is 8.63. The number of ether oxygens (including phenoxy) is 1. The fourth-order valence-electron chi connectivity index (χ4n) is 3.39. The third kappa shape index (κ3) is 5.06. The van der Waals surface area contributed by atoms with Gasteiger partial charge in [0, 0.05) is 26.1 Å². The van der Waals surface area contributed by atoms with Crippen LogP contribution in [0.15, 0.2) is 0 Å². The summed E-state index contributed by atoms with van der Waals surface area (Å²) in [7, 11) is 0. The van der Waals surface area contributed by atoms with E-state index in [0.29, 0.717) is 18.6 Å². The maximum absolute atomic E-state index is 12.2. The fraction of sp³-hybridized carbons (Fsp3) is 0.938. The van der Waals surface area contributed by atoms with Crippen molar-refractivity contribution in [3.63, 3.8) is 0 Å². The van der Waals surface area contributed by atoms with Gasteiger partial charge in [-0.3, -0.25) is 4.79 Å². The van der Waals surface area contributed by atoms with Gasteiger partial charge in [-0.05, 0) is 38.1 Å². The Labute approximate surface area is 123 Å². The molecule has 4 heteroatoms. The molecule has 2 N–H and O–H groups in total. The molecule has 116 valence electrons. The van der Waals surface area contributed by atoms with Gasteiger partial charge in [-0.25, -0.2) is 0 Å². The molecule has 2 fully saturated rings. The van der Waals surface area contributed by atoms with E-state index >= 15 is 0 Å². The normalized spacial score (nSPS) is 21.6. The van der Waals surface area contributed by atoms with Crippen molar-refractivity contribution >= 4 is 5.91 Å². The average molecular weight is 282 g/mol. The number of piperidine rings is 1. The molecule has 2 aliphatic rings. The molecule has 20 heavy (non-hydrogen) atoms. The predicted molar refractivity (Wildman–Crippen MR) is 80.4 cm³/mol. The molecule has 1 saturated carbocycles. The minimum absolute atomic E-state index is 0.334. The number of hydrogen-bond donors (Lipinski definition) is 1. The Morgan fingerprint density at radius 2 is 1.85 bits per heavy atom. The van der Waals surface area contributed by atoms with Crippen LogP contribution in [0.5, 0.6) is 0 Å². The molecule has 4 nitrogen and oxygen atoms in total. The third-order valence-corrected chi connectivity index (χ3v) is 4.74. The van der Waals surface area contributed by atoms with Crippen LogP contribution in [0.3, 0.4) is 0 Å². The van der Waals surface area contributed by atoms with Crippen LogP contribution in [0, 0.1) is 5.92 Å². The molecule has 0 aromatic rings. The third-order valence-electron chi connectivity index (χ3n) is 4.74. The van der Waals surface area contributed by atoms with Gasteiger partial charge in [0.15, 0.2) is 0 Å². The molecule has 0 bridgehead atoms. The van der Waals surface area contributed by atoms with E-state index in [0.717, 1.165) is 57.7 Å². The lowest BCUT2D eigenvalue weighted by molar-refractivity contribution is -0.134. The van der Waals surface area contributed by atoms with E-state index in [2.05, 4.69) is 0 Å². The van der Waals surface area contributed by atoms with Gasteiger partial charge in [0.25, 0.3) is 0 Å². The Kier molecular flexibility index (Phi) is 6.80. The predicted octanol–water partition coefficient (Wildman–Crippen LogP) is 2.31. The Bertz CT molecular complexity index is 282. The van der Waals surface area contributed by atoms with E-state index in [1.165, 1.54) is 25.7 Å². The first-order valence-corrected chi connectivity index (χ1v) is 8.39. The maximum atomic E-state index is 12.2. The molecular formula is C16H30N2O2. The molecule has 0 spiro atoms. The van der Waals surface area contributed by atoms with Gasteiger partial charge in [-0.2, -0.15) is 0 Å². The molecule has 0 radical (unpaired) electrons. The number of nitrogens with zero attached hydrogens (tertiary/aromatic N) is 1. The summed E-state index contributed by atoms with van der Waals surface area (Å²) in [4.78, 5) is 14.2. The number of amides is 1. The van der Waals surface area contributed by atoms with Gasteiger partial charge in [0.1, 0.15) is 0 Å². The van der Waals surface area contributed by atoms with Gasteiger partial charge in [0.2, 0.25) is 5.91 Å². The molecule has 1 heterocycles. The van der Waals surface area contributed by atoms with E-state index in [1.807, 2.05) is 4.90 Å². The van der Waals surface area contributed by atoms with Crippen LogP contribution in [0.2, 0.25) is 0 Å². The van der Waals surface area contributed by atoms with Crippen molar-refractivity contribution in [3.8, 4) is 0 Å². The Balaban J connectivity index is 1.58. The highest BCUT2D eigenvalue weighted by Crippen LogP contribution is 2.29. The number of nitrogens with two attached hydrogens (primary N) is 1. The summed E-state index contributed by atoms with van der Waals surface area (Å²) >= 11 is 0. The van der Waals surface area contributed by atoms with Gasteiger partial charge >= 0.3 is 0 Å². The average Bonchev–Trinajstić information content (AvgIpc) is 2.99. The van der Waals surface area contributed by atoms with E-state index in [4.69, 9.17) is 10.5 Å². The first-order valence-electron chi connectivity index (χ1n) is 8.39. The van der Waals surface area contributed by atoms with Crippen molar-refractivity contribution < 1.29 is 9.53 Å². The molecule has 2 rings (SSSR count). The summed E-state index contributed by atoms with van der Waals surface area (Å²) in [6.45, 7) is 3.20. The molecule has 1 saturated heterocycles. The fourth-order valence-corrected chi connectivity index (χ4v) is 3.39. The van der Waals surface area contributed by atoms with Crippen molar-refractivity contribution in [2.45, 2.75) is 63.9 Å². The van der Waals surface area contributed by atoms with Crippen molar-refractivity contribution in [1.82, 2.24) is 4.90 Å². The van der Waals surface area contributed by atoms with Gasteiger partial charge < -0.3 is 15.4 Å². The van der Waals surface area contributed by atoms with Crippen LogP contribution in [-0.4, -0.2) is 43.2 Å². The first-order chi connectivity index (χ1) is 9.79. The van der Waals surface area contributed by atoms with Crippen LogP contribution in [0.1, 0.15) is 57.8 Å². The highest BCUT2D eigenvalue weighted by atomic mass is 16.5. The van der Waals surface area contributed by atoms with Crippen molar-refractivity contribution in [3.05, 3.63) is 0 Å². The number of likely N-dealkylation sites (tertiary alicyclic amines) is 1. The zero-order valence-electron chi connectivity index (χ0n) is 12.7. The molecule has 0 aromatic heterocycles. The molecule has 1 aliphatic carbocycles. The van der Waals surface area contributed by atoms with E-state index in [9.17, 15) is 4.79 Å². The number of carbonyl (C=O) groups excluding carboxylic acids is 1. The first kappa shape index (κ1) is 15.8. The van der Waals surface area contributed by atoms with Gasteiger partial charge in [0.05, 0.1) is 6.10 Å². The second-order valence-corrected chi connectivity index (χ2v) is 6.28. The van der Waals surface area contributed by atoms with Gasteiger partial charge in [-0.15, -0.1) is 0 Å². The zero-order valence-corrected chi connectivity index (χ0v) is 12.7. The summed E-state index contributed by atoms with van der Waals surface area (Å²) in [5.41, 5.74) is 5.46. The molecule has 0 unspecified atom stereocenters. The van der Waals surface area contributed by atoms with Crippen LogP contribution in [0.4, 0.5) is 0 Å². The molecule has 1 amide bonds. The SMILES string of the molecule is NCCCOC1CCN(C(=O)CCC2CCCC2)CC1. The minimum Gasteiger partial charge on any atom is -0.378 e. The summed E-state index contributed by atoms with van der Waals surface area (Å²) in [6, 6.07) is 0. The maximum Gasteiger partial charge on any atom is 0.222 e. The molecule has 0 atom stereocenters. The van der Waals surface area contributed by atoms with E-state index in [-0.39, 0.29) is 0 Å². The lowest BCUT2D eigenvalue weighted by atomic mass is 10.0. The number of carbonyl (C=O) groups is 1. The van der Waals surface area contributed by atoms with Crippen molar-refractivity contribution in [2.75, 3.05) is 26.2 Å². The molecular weight excluding hydrogens is 252 g/mol. The van der Waals surface area contributed by atoms with Crippen molar-refractivity contribution in [1.29, 1.82) is 0 Å².